The van der Waals surface area contributed by atoms with Crippen LogP contribution in [0.4, 0.5) is 0 Å². The second-order valence-electron chi connectivity index (χ2n) is 4.06. The average molecular weight is 415 g/mol. The molecular weight excluding hydrogens is 402 g/mol. The van der Waals surface area contributed by atoms with E-state index in [2.05, 4.69) is 24.3 Å². The Morgan fingerprint density at radius 3 is 1.45 bits per heavy atom. The van der Waals surface area contributed by atoms with Crippen LogP contribution in [-0.2, 0) is 4.79 Å². The van der Waals surface area contributed by atoms with E-state index < -0.39 is 5.97 Å². The Kier molecular flexibility index (Phi) is 7.41. The molecule has 0 bridgehead atoms. The van der Waals surface area contributed by atoms with Crippen molar-refractivity contribution in [3.8, 4) is 0 Å². The summed E-state index contributed by atoms with van der Waals surface area (Å²) >= 11 is 13.2. The maximum absolute atomic E-state index is 9.00. The standard InChI is InChI=1S/C13H9Cl2.C2H4O2.Sn/c14-12-5-1-10(2-6-12)9-11-3-7-13(15)8-4-11;1-2(3)4;/h1-9H;1H3,(H,3,4);. The first-order chi connectivity index (χ1) is 9.40. The molecule has 0 saturated carbocycles. The molecule has 0 aliphatic carbocycles. The predicted octanol–water partition coefficient (Wildman–Crippen LogP) is 4.34. The molecule has 2 aromatic rings. The molecule has 0 aliphatic heterocycles. The van der Waals surface area contributed by atoms with Crippen LogP contribution >= 0.6 is 23.2 Å². The van der Waals surface area contributed by atoms with Gasteiger partial charge in [0.25, 0.3) is 5.97 Å². The summed E-state index contributed by atoms with van der Waals surface area (Å²) in [7, 11) is 0. The first-order valence-electron chi connectivity index (χ1n) is 5.81. The van der Waals surface area contributed by atoms with Crippen LogP contribution in [-0.4, -0.2) is 33.6 Å². The van der Waals surface area contributed by atoms with Crippen molar-refractivity contribution in [2.75, 3.05) is 0 Å². The molecule has 20 heavy (non-hydrogen) atoms. The summed E-state index contributed by atoms with van der Waals surface area (Å²) in [4.78, 5) is 9.00. The van der Waals surface area contributed by atoms with E-state index in [9.17, 15) is 0 Å². The van der Waals surface area contributed by atoms with Gasteiger partial charge in [0.1, 0.15) is 0 Å². The number of carboxylic acids is 1. The third-order valence-corrected chi connectivity index (χ3v) is 4.81. The van der Waals surface area contributed by atoms with Gasteiger partial charge in [0.2, 0.25) is 0 Å². The molecule has 0 aromatic heterocycles. The van der Waals surface area contributed by atoms with Crippen molar-refractivity contribution >= 4 is 51.7 Å². The number of hydrogen-bond acceptors (Lipinski definition) is 1. The zero-order valence-electron chi connectivity index (χ0n) is 10.8. The van der Waals surface area contributed by atoms with Gasteiger partial charge in [-0.15, -0.1) is 0 Å². The van der Waals surface area contributed by atoms with Crippen LogP contribution in [0.1, 0.15) is 22.0 Å². The monoisotopic (exact) mass is 415 g/mol. The average Bonchev–Trinajstić information content (AvgIpc) is 2.39. The van der Waals surface area contributed by atoms with Crippen LogP contribution in [0.25, 0.3) is 0 Å². The van der Waals surface area contributed by atoms with Gasteiger partial charge >= 0.3 is 119 Å². The second-order valence-corrected chi connectivity index (χ2v) is 6.58. The fourth-order valence-electron chi connectivity index (χ4n) is 1.50. The summed E-state index contributed by atoms with van der Waals surface area (Å²) in [6.07, 6.45) is 0. The molecule has 0 spiro atoms. The predicted molar refractivity (Wildman–Crippen MR) is 83.8 cm³/mol. The molecule has 1 N–H and O–H groups in total. The number of hydrogen-bond donors (Lipinski definition) is 1. The normalized spacial score (nSPS) is 9.85. The summed E-state index contributed by atoms with van der Waals surface area (Å²) in [6.45, 7) is 1.08. The van der Waals surface area contributed by atoms with Crippen molar-refractivity contribution in [2.24, 2.45) is 0 Å². The van der Waals surface area contributed by atoms with E-state index in [1.807, 2.05) is 24.3 Å². The van der Waals surface area contributed by atoms with Crippen molar-refractivity contribution in [1.82, 2.24) is 0 Å². The molecule has 0 aliphatic rings. The van der Waals surface area contributed by atoms with E-state index >= 15 is 0 Å². The Hall–Kier alpha value is -0.711. The molecule has 3 radical (unpaired) electrons. The van der Waals surface area contributed by atoms with Crippen molar-refractivity contribution in [2.45, 2.75) is 10.9 Å². The van der Waals surface area contributed by atoms with Crippen molar-refractivity contribution < 1.29 is 9.90 Å². The molecule has 5 heteroatoms. The first kappa shape index (κ1) is 17.3. The SMILES string of the molecule is CC(=O)O.Clc1ccc([CH]([Sn])c2ccc(Cl)cc2)cc1. The quantitative estimate of drug-likeness (QED) is 0.742. The van der Waals surface area contributed by atoms with E-state index in [0.29, 0.717) is 3.93 Å². The summed E-state index contributed by atoms with van der Waals surface area (Å²) in [5, 5.41) is 8.98. The van der Waals surface area contributed by atoms with Gasteiger partial charge in [-0.3, -0.25) is 4.79 Å². The Labute approximate surface area is 141 Å². The van der Waals surface area contributed by atoms with Gasteiger partial charge in [-0.05, 0) is 0 Å². The van der Waals surface area contributed by atoms with E-state index in [4.69, 9.17) is 33.1 Å². The molecule has 0 unspecified atom stereocenters. The van der Waals surface area contributed by atoms with Crippen molar-refractivity contribution in [3.05, 3.63) is 69.7 Å². The molecule has 0 amide bonds. The second kappa shape index (κ2) is 8.55. The van der Waals surface area contributed by atoms with Crippen LogP contribution in [0.5, 0.6) is 0 Å². The minimum absolute atomic E-state index is 0.446. The molecule has 0 atom stereocenters. The third kappa shape index (κ3) is 6.16. The molecule has 0 saturated heterocycles. The first-order valence-corrected chi connectivity index (χ1v) is 8.22. The Morgan fingerprint density at radius 1 is 0.950 bits per heavy atom. The number of halogens is 2. The Morgan fingerprint density at radius 2 is 1.20 bits per heavy atom. The third-order valence-electron chi connectivity index (χ3n) is 2.41. The molecule has 103 valence electrons. The van der Waals surface area contributed by atoms with Crippen LogP contribution in [0.2, 0.25) is 10.0 Å². The van der Waals surface area contributed by atoms with Crippen molar-refractivity contribution in [3.63, 3.8) is 0 Å². The summed E-state index contributed by atoms with van der Waals surface area (Å²) in [5.74, 6) is -0.833. The van der Waals surface area contributed by atoms with Gasteiger partial charge in [-0.25, -0.2) is 0 Å². The van der Waals surface area contributed by atoms with Crippen LogP contribution in [0.3, 0.4) is 0 Å². The van der Waals surface area contributed by atoms with E-state index in [0.717, 1.165) is 17.0 Å². The number of benzene rings is 2. The Bertz CT molecular complexity index is 504. The zero-order chi connectivity index (χ0) is 15.1. The van der Waals surface area contributed by atoms with E-state index in [1.54, 1.807) is 0 Å². The maximum atomic E-state index is 9.00. The van der Waals surface area contributed by atoms with Crippen LogP contribution in [0.15, 0.2) is 48.5 Å². The molecule has 2 nitrogen and oxygen atoms in total. The van der Waals surface area contributed by atoms with Gasteiger partial charge in [0.05, 0.1) is 0 Å². The molecular formula is C15H13Cl2O2Sn. The fraction of sp³-hybridized carbons (Fsp3) is 0.133. The van der Waals surface area contributed by atoms with Gasteiger partial charge in [-0.1, -0.05) is 0 Å². The zero-order valence-corrected chi connectivity index (χ0v) is 15.2. The Balaban J connectivity index is 0.000000444. The van der Waals surface area contributed by atoms with Gasteiger partial charge in [-0.2, -0.15) is 0 Å². The van der Waals surface area contributed by atoms with Gasteiger partial charge in [0, 0.05) is 6.92 Å². The summed E-state index contributed by atoms with van der Waals surface area (Å²) in [5.41, 5.74) is 2.59. The number of carboxylic acid groups (broad SMARTS) is 1. The number of aliphatic carboxylic acids is 1. The molecule has 0 fully saturated rings. The number of carbonyl (C=O) groups is 1. The number of rotatable bonds is 2. The summed E-state index contributed by atoms with van der Waals surface area (Å²) in [6, 6.07) is 16.1. The molecule has 2 rings (SSSR count). The van der Waals surface area contributed by atoms with E-state index in [-0.39, 0.29) is 0 Å². The fourth-order valence-corrected chi connectivity index (χ4v) is 2.85. The van der Waals surface area contributed by atoms with Crippen molar-refractivity contribution in [1.29, 1.82) is 0 Å². The summed E-state index contributed by atoms with van der Waals surface area (Å²) < 4.78 is 0.446. The topological polar surface area (TPSA) is 37.3 Å². The molecule has 0 heterocycles. The van der Waals surface area contributed by atoms with Crippen LogP contribution < -0.4 is 0 Å². The minimum atomic E-state index is -0.833. The van der Waals surface area contributed by atoms with E-state index in [1.165, 1.54) is 33.7 Å². The molecule has 2 aromatic carbocycles. The van der Waals surface area contributed by atoms with Gasteiger partial charge in [0.15, 0.2) is 0 Å². The van der Waals surface area contributed by atoms with Crippen LogP contribution in [0, 0.1) is 0 Å². The van der Waals surface area contributed by atoms with Gasteiger partial charge < -0.3 is 5.11 Å².